The highest BCUT2D eigenvalue weighted by molar-refractivity contribution is 7.89. The molecule has 20 heavy (non-hydrogen) atoms. The highest BCUT2D eigenvalue weighted by Gasteiger charge is 2.26. The summed E-state index contributed by atoms with van der Waals surface area (Å²) in [5.74, 6) is -0.476. The zero-order chi connectivity index (χ0) is 15.3. The summed E-state index contributed by atoms with van der Waals surface area (Å²) in [5, 5.41) is 0.364. The minimum atomic E-state index is -3.80. The van der Waals surface area contributed by atoms with Crippen LogP contribution in [0.1, 0.15) is 13.3 Å². The predicted molar refractivity (Wildman–Crippen MR) is 77.5 cm³/mol. The maximum Gasteiger partial charge on any atom is 0.306 e. The van der Waals surface area contributed by atoms with Gasteiger partial charge in [0.05, 0.1) is 18.6 Å². The largest absolute Gasteiger partial charge is 0.469 e. The third-order valence-electron chi connectivity index (χ3n) is 2.66. The van der Waals surface area contributed by atoms with Crippen molar-refractivity contribution >= 4 is 39.2 Å². The van der Waals surface area contributed by atoms with Crippen molar-refractivity contribution in [3.05, 3.63) is 28.2 Å². The van der Waals surface area contributed by atoms with Crippen LogP contribution in [-0.4, -0.2) is 38.9 Å². The van der Waals surface area contributed by atoms with E-state index in [-0.39, 0.29) is 34.5 Å². The second kappa shape index (κ2) is 7.26. The van der Waals surface area contributed by atoms with Crippen molar-refractivity contribution < 1.29 is 17.9 Å². The molecule has 1 aromatic carbocycles. The molecule has 0 aliphatic carbocycles. The van der Waals surface area contributed by atoms with Crippen molar-refractivity contribution in [2.45, 2.75) is 18.2 Å². The van der Waals surface area contributed by atoms with Gasteiger partial charge in [0.2, 0.25) is 10.0 Å². The maximum atomic E-state index is 12.5. The molecular weight excluding hydrogens is 325 g/mol. The Bertz CT molecular complexity index is 589. The molecule has 1 aromatic rings. The lowest BCUT2D eigenvalue weighted by Gasteiger charge is -2.20. The summed E-state index contributed by atoms with van der Waals surface area (Å²) in [6.45, 7) is 1.91. The van der Waals surface area contributed by atoms with Crippen LogP contribution in [0.5, 0.6) is 0 Å². The Kier molecular flexibility index (Phi) is 6.26. The topological polar surface area (TPSA) is 63.7 Å². The molecule has 0 unspecified atom stereocenters. The van der Waals surface area contributed by atoms with Crippen molar-refractivity contribution in [2.75, 3.05) is 20.2 Å². The van der Waals surface area contributed by atoms with Crippen LogP contribution in [0.2, 0.25) is 10.0 Å². The first-order valence-electron chi connectivity index (χ1n) is 5.85. The lowest BCUT2D eigenvalue weighted by Crippen LogP contribution is -2.33. The Morgan fingerprint density at radius 3 is 2.55 bits per heavy atom. The molecule has 0 aromatic heterocycles. The molecule has 1 rings (SSSR count). The van der Waals surface area contributed by atoms with Crippen molar-refractivity contribution in [2.24, 2.45) is 0 Å². The molecule has 0 N–H and O–H groups in total. The van der Waals surface area contributed by atoms with Crippen molar-refractivity contribution in [3.8, 4) is 0 Å². The van der Waals surface area contributed by atoms with Gasteiger partial charge in [-0.2, -0.15) is 4.31 Å². The number of benzene rings is 1. The molecule has 5 nitrogen and oxygen atoms in total. The fourth-order valence-corrected chi connectivity index (χ4v) is 3.77. The summed E-state index contributed by atoms with van der Waals surface area (Å²) in [6, 6.07) is 4.22. The van der Waals surface area contributed by atoms with Crippen LogP contribution in [0.25, 0.3) is 0 Å². The van der Waals surface area contributed by atoms with Gasteiger partial charge in [-0.05, 0) is 18.2 Å². The van der Waals surface area contributed by atoms with Crippen LogP contribution in [0.3, 0.4) is 0 Å². The molecule has 0 spiro atoms. The molecule has 0 fully saturated rings. The Labute approximate surface area is 128 Å². The van der Waals surface area contributed by atoms with Crippen LogP contribution >= 0.6 is 23.2 Å². The van der Waals surface area contributed by atoms with E-state index in [2.05, 4.69) is 4.74 Å². The predicted octanol–water partition coefficient (Wildman–Crippen LogP) is 2.57. The Morgan fingerprint density at radius 2 is 2.00 bits per heavy atom. The standard InChI is InChI=1S/C12H15Cl2NO4S/c1-3-15(7-6-12(16)19-2)20(17,18)11-8-9(13)4-5-10(11)14/h4-5,8H,3,6-7H2,1-2H3. The quantitative estimate of drug-likeness (QED) is 0.747. The third kappa shape index (κ3) is 4.09. The van der Waals surface area contributed by atoms with E-state index in [4.69, 9.17) is 23.2 Å². The fourth-order valence-electron chi connectivity index (χ4n) is 1.58. The zero-order valence-electron chi connectivity index (χ0n) is 11.1. The highest BCUT2D eigenvalue weighted by Crippen LogP contribution is 2.27. The van der Waals surface area contributed by atoms with E-state index < -0.39 is 16.0 Å². The van der Waals surface area contributed by atoms with Gasteiger partial charge >= 0.3 is 5.97 Å². The first-order valence-corrected chi connectivity index (χ1v) is 8.04. The average Bonchev–Trinajstić information content (AvgIpc) is 2.41. The first kappa shape index (κ1) is 17.2. The minimum absolute atomic E-state index is 0.0222. The van der Waals surface area contributed by atoms with Crippen molar-refractivity contribution in [1.29, 1.82) is 0 Å². The number of carbonyl (C=O) groups is 1. The van der Waals surface area contributed by atoms with E-state index in [1.807, 2.05) is 0 Å². The number of ether oxygens (including phenoxy) is 1. The second-order valence-electron chi connectivity index (χ2n) is 3.90. The number of hydrogen-bond acceptors (Lipinski definition) is 4. The molecular formula is C12H15Cl2NO4S. The molecule has 0 atom stereocenters. The molecule has 112 valence electrons. The average molecular weight is 340 g/mol. The fraction of sp³-hybridized carbons (Fsp3) is 0.417. The number of halogens is 2. The maximum absolute atomic E-state index is 12.5. The van der Waals surface area contributed by atoms with Gasteiger partial charge in [0.1, 0.15) is 4.90 Å². The van der Waals surface area contributed by atoms with Crippen LogP contribution in [-0.2, 0) is 19.6 Å². The van der Waals surface area contributed by atoms with E-state index >= 15 is 0 Å². The summed E-state index contributed by atoms with van der Waals surface area (Å²) in [6.07, 6.45) is -0.0260. The van der Waals surface area contributed by atoms with Gasteiger partial charge in [-0.25, -0.2) is 8.42 Å². The number of nitrogens with zero attached hydrogens (tertiary/aromatic N) is 1. The summed E-state index contributed by atoms with van der Waals surface area (Å²) in [7, 11) is -2.55. The van der Waals surface area contributed by atoms with Gasteiger partial charge in [0, 0.05) is 18.1 Å². The molecule has 0 aliphatic heterocycles. The normalized spacial score (nSPS) is 11.7. The number of sulfonamides is 1. The van der Waals surface area contributed by atoms with Crippen LogP contribution < -0.4 is 0 Å². The highest BCUT2D eigenvalue weighted by atomic mass is 35.5. The molecule has 0 radical (unpaired) electrons. The van der Waals surface area contributed by atoms with E-state index in [0.717, 1.165) is 4.31 Å². The summed E-state index contributed by atoms with van der Waals surface area (Å²) < 4.78 is 30.6. The first-order chi connectivity index (χ1) is 9.32. The SMILES string of the molecule is CCN(CCC(=O)OC)S(=O)(=O)c1cc(Cl)ccc1Cl. The van der Waals surface area contributed by atoms with E-state index in [1.54, 1.807) is 6.92 Å². The second-order valence-corrected chi connectivity index (χ2v) is 6.65. The van der Waals surface area contributed by atoms with Gasteiger partial charge in [-0.1, -0.05) is 30.1 Å². The Morgan fingerprint density at radius 1 is 1.35 bits per heavy atom. The molecule has 0 amide bonds. The lowest BCUT2D eigenvalue weighted by atomic mass is 10.4. The van der Waals surface area contributed by atoms with Crippen LogP contribution in [0.15, 0.2) is 23.1 Å². The van der Waals surface area contributed by atoms with E-state index in [0.29, 0.717) is 0 Å². The zero-order valence-corrected chi connectivity index (χ0v) is 13.4. The smallest absolute Gasteiger partial charge is 0.306 e. The molecule has 8 heteroatoms. The summed E-state index contributed by atoms with van der Waals surface area (Å²) in [5.41, 5.74) is 0. The Hall–Kier alpha value is -0.820. The van der Waals surface area contributed by atoms with Crippen LogP contribution in [0.4, 0.5) is 0 Å². The number of methoxy groups -OCH3 is 1. The van der Waals surface area contributed by atoms with Crippen molar-refractivity contribution in [3.63, 3.8) is 0 Å². The summed E-state index contributed by atoms with van der Waals surface area (Å²) >= 11 is 11.7. The van der Waals surface area contributed by atoms with E-state index in [1.165, 1.54) is 25.3 Å². The van der Waals surface area contributed by atoms with E-state index in [9.17, 15) is 13.2 Å². The van der Waals surface area contributed by atoms with Gasteiger partial charge in [0.25, 0.3) is 0 Å². The molecule has 0 aliphatic rings. The monoisotopic (exact) mass is 339 g/mol. The number of carbonyl (C=O) groups excluding carboxylic acids is 1. The van der Waals surface area contributed by atoms with Crippen LogP contribution in [0, 0.1) is 0 Å². The third-order valence-corrected chi connectivity index (χ3v) is 5.35. The number of hydrogen-bond donors (Lipinski definition) is 0. The lowest BCUT2D eigenvalue weighted by molar-refractivity contribution is -0.140. The number of esters is 1. The van der Waals surface area contributed by atoms with Gasteiger partial charge in [-0.15, -0.1) is 0 Å². The van der Waals surface area contributed by atoms with Gasteiger partial charge < -0.3 is 4.74 Å². The molecule has 0 bridgehead atoms. The minimum Gasteiger partial charge on any atom is -0.469 e. The molecule has 0 saturated carbocycles. The summed E-state index contributed by atoms with van der Waals surface area (Å²) in [4.78, 5) is 11.1. The van der Waals surface area contributed by atoms with Gasteiger partial charge in [0.15, 0.2) is 0 Å². The van der Waals surface area contributed by atoms with Crippen molar-refractivity contribution in [1.82, 2.24) is 4.31 Å². The number of rotatable bonds is 6. The Balaban J connectivity index is 3.06. The molecule has 0 heterocycles. The molecule has 0 saturated heterocycles. The van der Waals surface area contributed by atoms with Gasteiger partial charge in [-0.3, -0.25) is 4.79 Å².